The van der Waals surface area contributed by atoms with Gasteiger partial charge in [0, 0.05) is 23.5 Å². The Hall–Kier alpha value is -2.93. The number of cyclic esters (lactones) is 1. The molecule has 122 valence electrons. The van der Waals surface area contributed by atoms with E-state index in [9.17, 15) is 9.90 Å². The maximum atomic E-state index is 12.1. The molecule has 1 aliphatic heterocycles. The molecule has 0 saturated carbocycles. The van der Waals surface area contributed by atoms with Crippen molar-refractivity contribution < 1.29 is 14.6 Å². The topological polar surface area (TPSA) is 91.3 Å². The molecule has 7 heteroatoms. The van der Waals surface area contributed by atoms with E-state index in [4.69, 9.17) is 4.74 Å². The van der Waals surface area contributed by atoms with E-state index in [0.717, 1.165) is 33.7 Å². The summed E-state index contributed by atoms with van der Waals surface area (Å²) in [5.74, 6) is 0.739. The molecule has 1 aliphatic rings. The van der Waals surface area contributed by atoms with Gasteiger partial charge in [-0.25, -0.2) is 9.78 Å². The van der Waals surface area contributed by atoms with Gasteiger partial charge in [0.05, 0.1) is 29.9 Å². The van der Waals surface area contributed by atoms with Crippen LogP contribution < -0.4 is 4.90 Å². The number of hydrogen-bond acceptors (Lipinski definition) is 5. The van der Waals surface area contributed by atoms with Gasteiger partial charge in [-0.1, -0.05) is 0 Å². The van der Waals surface area contributed by atoms with Gasteiger partial charge in [-0.05, 0) is 31.2 Å². The molecule has 3 aromatic rings. The molecule has 2 N–H and O–H groups in total. The van der Waals surface area contributed by atoms with Crippen molar-refractivity contribution in [2.24, 2.45) is 0 Å². The lowest BCUT2D eigenvalue weighted by Crippen LogP contribution is -2.38. The van der Waals surface area contributed by atoms with E-state index in [2.05, 4.69) is 15.0 Å². The van der Waals surface area contributed by atoms with Crippen molar-refractivity contribution in [2.45, 2.75) is 13.0 Å². The van der Waals surface area contributed by atoms with Crippen LogP contribution in [0.4, 0.5) is 10.5 Å². The second-order valence-electron chi connectivity index (χ2n) is 5.65. The molecule has 0 saturated heterocycles. The van der Waals surface area contributed by atoms with E-state index in [-0.39, 0.29) is 19.3 Å². The Bertz CT molecular complexity index is 907. The minimum atomic E-state index is -0.451. The number of rotatable bonds is 3. The van der Waals surface area contributed by atoms with Crippen LogP contribution in [0.3, 0.4) is 0 Å². The number of H-pyrrole nitrogens is 1. The molecular weight excluding hydrogens is 308 g/mol. The monoisotopic (exact) mass is 324 g/mol. The van der Waals surface area contributed by atoms with Crippen molar-refractivity contribution in [3.05, 3.63) is 42.2 Å². The number of aliphatic hydroxyl groups excluding tert-OH is 1. The van der Waals surface area contributed by atoms with Gasteiger partial charge in [-0.15, -0.1) is 0 Å². The first-order chi connectivity index (χ1) is 11.7. The predicted octanol–water partition coefficient (Wildman–Crippen LogP) is 2.63. The Morgan fingerprint density at radius 1 is 1.33 bits per heavy atom. The number of amides is 1. The second-order valence-corrected chi connectivity index (χ2v) is 5.65. The summed E-state index contributed by atoms with van der Waals surface area (Å²) in [7, 11) is 0. The van der Waals surface area contributed by atoms with Crippen LogP contribution in [-0.4, -0.2) is 39.3 Å². The minimum absolute atomic E-state index is 0.135. The number of ether oxygens (including phenoxy) is 1. The van der Waals surface area contributed by atoms with E-state index in [1.807, 2.05) is 31.2 Å². The van der Waals surface area contributed by atoms with Gasteiger partial charge >= 0.3 is 6.09 Å². The van der Waals surface area contributed by atoms with E-state index < -0.39 is 6.09 Å². The summed E-state index contributed by atoms with van der Waals surface area (Å²) in [5.41, 5.74) is 4.18. The lowest BCUT2D eigenvalue weighted by atomic mass is 10.0. The molecule has 7 nitrogen and oxygen atoms in total. The predicted molar refractivity (Wildman–Crippen MR) is 88.7 cm³/mol. The molecule has 1 unspecified atom stereocenters. The number of aromatic amines is 1. The van der Waals surface area contributed by atoms with E-state index in [0.29, 0.717) is 0 Å². The number of carbonyl (C=O) groups is 1. The number of benzene rings is 1. The summed E-state index contributed by atoms with van der Waals surface area (Å²) in [5, 5.41) is 9.22. The van der Waals surface area contributed by atoms with Crippen LogP contribution in [0, 0.1) is 0 Å². The maximum Gasteiger partial charge on any atom is 0.414 e. The number of pyridine rings is 1. The number of hydrogen-bond donors (Lipinski definition) is 2. The fourth-order valence-corrected chi connectivity index (χ4v) is 2.96. The van der Waals surface area contributed by atoms with Crippen molar-refractivity contribution in [3.8, 4) is 11.4 Å². The molecule has 0 fully saturated rings. The highest BCUT2D eigenvalue weighted by Crippen LogP contribution is 2.37. The van der Waals surface area contributed by atoms with Gasteiger partial charge < -0.3 is 14.8 Å². The Labute approximate surface area is 137 Å². The number of fused-ring (bicyclic) bond motifs is 2. The lowest BCUT2D eigenvalue weighted by molar-refractivity contribution is 0.106. The molecule has 1 atom stereocenters. The zero-order chi connectivity index (χ0) is 16.7. The van der Waals surface area contributed by atoms with Crippen molar-refractivity contribution in [3.63, 3.8) is 0 Å². The number of nitrogens with zero attached hydrogens (tertiary/aromatic N) is 3. The summed E-state index contributed by atoms with van der Waals surface area (Å²) in [4.78, 5) is 25.4. The minimum Gasteiger partial charge on any atom is -0.441 e. The van der Waals surface area contributed by atoms with Crippen molar-refractivity contribution in [1.29, 1.82) is 0 Å². The highest BCUT2D eigenvalue weighted by molar-refractivity contribution is 5.95. The molecule has 0 aliphatic carbocycles. The Morgan fingerprint density at radius 3 is 2.88 bits per heavy atom. The van der Waals surface area contributed by atoms with Crippen LogP contribution in [0.5, 0.6) is 0 Å². The Kier molecular flexibility index (Phi) is 3.42. The van der Waals surface area contributed by atoms with Crippen molar-refractivity contribution in [2.75, 3.05) is 18.1 Å². The van der Waals surface area contributed by atoms with Gasteiger partial charge in [0.2, 0.25) is 0 Å². The third-order valence-electron chi connectivity index (χ3n) is 4.13. The molecular formula is C17H16N4O3. The van der Waals surface area contributed by atoms with E-state index in [1.54, 1.807) is 12.4 Å². The normalized spacial score (nSPS) is 17.0. The fraction of sp³-hybridized carbons (Fsp3) is 0.235. The SMILES string of the molecule is CC1OC(=O)N(CCO)c2cc3nc(-c4ccncc4)[nH]c3cc21. The number of imidazole rings is 1. The number of carbonyl (C=O) groups excluding carboxylic acids is 1. The Morgan fingerprint density at radius 2 is 2.12 bits per heavy atom. The van der Waals surface area contributed by atoms with Gasteiger partial charge in [0.25, 0.3) is 0 Å². The maximum absolute atomic E-state index is 12.1. The molecule has 4 rings (SSSR count). The van der Waals surface area contributed by atoms with Crippen LogP contribution in [0.25, 0.3) is 22.4 Å². The molecule has 24 heavy (non-hydrogen) atoms. The zero-order valence-electron chi connectivity index (χ0n) is 13.1. The van der Waals surface area contributed by atoms with Gasteiger partial charge in [-0.2, -0.15) is 0 Å². The van der Waals surface area contributed by atoms with E-state index in [1.165, 1.54) is 4.90 Å². The number of aliphatic hydroxyl groups is 1. The molecule has 3 heterocycles. The Balaban J connectivity index is 1.86. The third-order valence-corrected chi connectivity index (χ3v) is 4.13. The highest BCUT2D eigenvalue weighted by atomic mass is 16.6. The van der Waals surface area contributed by atoms with Gasteiger partial charge in [0.1, 0.15) is 11.9 Å². The third kappa shape index (κ3) is 2.30. The van der Waals surface area contributed by atoms with Gasteiger partial charge in [-0.3, -0.25) is 9.88 Å². The average Bonchev–Trinajstić information content (AvgIpc) is 3.01. The highest BCUT2D eigenvalue weighted by Gasteiger charge is 2.30. The molecule has 0 radical (unpaired) electrons. The quantitative estimate of drug-likeness (QED) is 0.773. The second kappa shape index (κ2) is 5.61. The summed E-state index contributed by atoms with van der Waals surface area (Å²) < 4.78 is 5.35. The van der Waals surface area contributed by atoms with Crippen molar-refractivity contribution >= 4 is 22.8 Å². The molecule has 2 aromatic heterocycles. The number of β-amino-alcohol motifs (C(OH)–C–C–N with tert-alkyl or cyclic N) is 1. The van der Waals surface area contributed by atoms with Crippen molar-refractivity contribution in [1.82, 2.24) is 15.0 Å². The van der Waals surface area contributed by atoms with Crippen LogP contribution in [0.15, 0.2) is 36.7 Å². The average molecular weight is 324 g/mol. The molecule has 0 spiro atoms. The van der Waals surface area contributed by atoms with Crippen LogP contribution in [0.1, 0.15) is 18.6 Å². The summed E-state index contributed by atoms with van der Waals surface area (Å²) in [6, 6.07) is 7.57. The summed E-state index contributed by atoms with van der Waals surface area (Å²) >= 11 is 0. The number of nitrogens with one attached hydrogen (secondary N) is 1. The molecule has 1 amide bonds. The first-order valence-electron chi connectivity index (χ1n) is 7.70. The first kappa shape index (κ1) is 14.6. The summed E-state index contributed by atoms with van der Waals surface area (Å²) in [6.07, 6.45) is 2.63. The fourth-order valence-electron chi connectivity index (χ4n) is 2.96. The van der Waals surface area contributed by atoms with E-state index >= 15 is 0 Å². The van der Waals surface area contributed by atoms with Crippen LogP contribution in [0.2, 0.25) is 0 Å². The lowest BCUT2D eigenvalue weighted by Gasteiger charge is -2.32. The zero-order valence-corrected chi connectivity index (χ0v) is 13.1. The first-order valence-corrected chi connectivity index (χ1v) is 7.70. The smallest absolute Gasteiger partial charge is 0.414 e. The summed E-state index contributed by atoms with van der Waals surface area (Å²) in [6.45, 7) is 1.88. The largest absolute Gasteiger partial charge is 0.441 e. The standard InChI is InChI=1S/C17H16N4O3/c1-10-12-8-13-14(9-15(12)21(6-7-22)17(23)24-10)20-16(19-13)11-2-4-18-5-3-11/h2-5,8-10,22H,6-7H2,1H3,(H,19,20). The molecule has 0 bridgehead atoms. The van der Waals surface area contributed by atoms with Gasteiger partial charge in [0.15, 0.2) is 0 Å². The number of aromatic nitrogens is 3. The van der Waals surface area contributed by atoms with Crippen LogP contribution in [-0.2, 0) is 4.74 Å². The number of anilines is 1. The van der Waals surface area contributed by atoms with Crippen LogP contribution >= 0.6 is 0 Å². The molecule has 1 aromatic carbocycles.